The van der Waals surface area contributed by atoms with E-state index in [0.717, 1.165) is 5.56 Å². The molecule has 0 aliphatic rings. The number of fused-ring (bicyclic) bond motifs is 1. The number of methoxy groups -OCH3 is 1. The summed E-state index contributed by atoms with van der Waals surface area (Å²) in [5.74, 6) is -2.51. The molecule has 1 N–H and O–H groups in total. The summed E-state index contributed by atoms with van der Waals surface area (Å²) in [4.78, 5) is 16.3. The van der Waals surface area contributed by atoms with E-state index >= 15 is 0 Å². The first-order chi connectivity index (χ1) is 13.9. The zero-order valence-electron chi connectivity index (χ0n) is 15.6. The molecule has 8 nitrogen and oxygen atoms in total. The Morgan fingerprint density at radius 2 is 2.00 bits per heavy atom. The van der Waals surface area contributed by atoms with Crippen LogP contribution in [0.15, 0.2) is 42.9 Å². The van der Waals surface area contributed by atoms with Gasteiger partial charge in [0.05, 0.1) is 13.3 Å². The van der Waals surface area contributed by atoms with Crippen LogP contribution >= 0.6 is 0 Å². The van der Waals surface area contributed by atoms with Crippen molar-refractivity contribution >= 4 is 17.5 Å². The first kappa shape index (κ1) is 18.5. The lowest BCUT2D eigenvalue weighted by atomic mass is 10.1. The molecule has 29 heavy (non-hydrogen) atoms. The minimum atomic E-state index is -1.06. The highest BCUT2D eigenvalue weighted by atomic mass is 19.2. The van der Waals surface area contributed by atoms with E-state index in [-0.39, 0.29) is 29.7 Å². The average Bonchev–Trinajstić information content (AvgIpc) is 3.28. The lowest BCUT2D eigenvalue weighted by Gasteiger charge is -2.07. The van der Waals surface area contributed by atoms with Gasteiger partial charge in [-0.3, -0.25) is 14.8 Å². The summed E-state index contributed by atoms with van der Waals surface area (Å²) in [6.07, 6.45) is 4.89. The van der Waals surface area contributed by atoms with Gasteiger partial charge in [0, 0.05) is 23.5 Å². The molecule has 0 bridgehead atoms. The zero-order chi connectivity index (χ0) is 20.5. The number of rotatable bonds is 5. The van der Waals surface area contributed by atoms with Crippen LogP contribution in [0.2, 0.25) is 0 Å². The van der Waals surface area contributed by atoms with Crippen molar-refractivity contribution in [3.63, 3.8) is 0 Å². The summed E-state index contributed by atoms with van der Waals surface area (Å²) in [6.45, 7) is 1.89. The second-order valence-corrected chi connectivity index (χ2v) is 6.36. The number of carbonyl (C=O) groups is 1. The van der Waals surface area contributed by atoms with Gasteiger partial charge < -0.3 is 4.74 Å². The summed E-state index contributed by atoms with van der Waals surface area (Å²) in [5, 5.41) is 10.8. The molecule has 1 aromatic carbocycles. The van der Waals surface area contributed by atoms with Crippen molar-refractivity contribution in [2.75, 3.05) is 12.4 Å². The van der Waals surface area contributed by atoms with Gasteiger partial charge in [-0.15, -0.1) is 5.10 Å². The van der Waals surface area contributed by atoms with Crippen molar-refractivity contribution in [2.45, 2.75) is 13.5 Å². The molecule has 0 aliphatic carbocycles. The van der Waals surface area contributed by atoms with Gasteiger partial charge in [-0.2, -0.15) is 14.5 Å². The lowest BCUT2D eigenvalue weighted by Crippen LogP contribution is -2.19. The van der Waals surface area contributed by atoms with Gasteiger partial charge in [-0.1, -0.05) is 0 Å². The standard InChI is InChI=1S/C19H16F2N6O2/c1-11-7-22-26(8-11)10-16(28)24-19-23-15-6-3-12(9-27(15)25-19)13-4-5-14(29-2)18(21)17(13)20/h3-9H,10H2,1-2H3,(H,24,25,28). The number of pyridine rings is 1. The number of aromatic nitrogens is 5. The summed E-state index contributed by atoms with van der Waals surface area (Å²) >= 11 is 0. The molecule has 3 aromatic heterocycles. The Hall–Kier alpha value is -3.82. The molecule has 0 spiro atoms. The third-order valence-electron chi connectivity index (χ3n) is 4.23. The molecule has 0 fully saturated rings. The van der Waals surface area contributed by atoms with Crippen molar-refractivity contribution in [3.8, 4) is 16.9 Å². The molecule has 10 heteroatoms. The number of aryl methyl sites for hydroxylation is 1. The molecule has 3 heterocycles. The second kappa shape index (κ2) is 7.30. The van der Waals surface area contributed by atoms with Crippen molar-refractivity contribution in [1.29, 1.82) is 0 Å². The quantitative estimate of drug-likeness (QED) is 0.559. The summed E-state index contributed by atoms with van der Waals surface area (Å²) in [6, 6.07) is 5.95. The maximum atomic E-state index is 14.4. The van der Waals surface area contributed by atoms with E-state index in [2.05, 4.69) is 20.5 Å². The maximum Gasteiger partial charge on any atom is 0.249 e. The number of hydrogen-bond donors (Lipinski definition) is 1. The van der Waals surface area contributed by atoms with E-state index in [1.54, 1.807) is 24.5 Å². The first-order valence-corrected chi connectivity index (χ1v) is 8.62. The van der Waals surface area contributed by atoms with Crippen LogP contribution in [0.3, 0.4) is 0 Å². The molecule has 0 atom stereocenters. The number of nitrogens with zero attached hydrogens (tertiary/aromatic N) is 5. The normalized spacial score (nSPS) is 11.0. The van der Waals surface area contributed by atoms with Gasteiger partial charge >= 0.3 is 0 Å². The fourth-order valence-corrected chi connectivity index (χ4v) is 2.87. The highest BCUT2D eigenvalue weighted by Crippen LogP contribution is 2.29. The lowest BCUT2D eigenvalue weighted by molar-refractivity contribution is -0.116. The van der Waals surface area contributed by atoms with E-state index in [0.29, 0.717) is 11.2 Å². The van der Waals surface area contributed by atoms with Crippen molar-refractivity contribution in [1.82, 2.24) is 24.4 Å². The third-order valence-corrected chi connectivity index (χ3v) is 4.23. The average molecular weight is 398 g/mol. The molecule has 4 rings (SSSR count). The van der Waals surface area contributed by atoms with Gasteiger partial charge in [-0.05, 0) is 36.8 Å². The van der Waals surface area contributed by atoms with E-state index in [1.165, 1.54) is 34.6 Å². The van der Waals surface area contributed by atoms with E-state index in [9.17, 15) is 13.6 Å². The zero-order valence-corrected chi connectivity index (χ0v) is 15.6. The number of halogens is 2. The topological polar surface area (TPSA) is 86.3 Å². The number of nitrogens with one attached hydrogen (secondary N) is 1. The minimum absolute atomic E-state index is 0.0188. The van der Waals surface area contributed by atoms with E-state index in [1.807, 2.05) is 6.92 Å². The fraction of sp³-hybridized carbons (Fsp3) is 0.158. The minimum Gasteiger partial charge on any atom is -0.494 e. The van der Waals surface area contributed by atoms with Crippen LogP contribution in [-0.4, -0.2) is 37.4 Å². The third kappa shape index (κ3) is 3.64. The Morgan fingerprint density at radius 1 is 1.17 bits per heavy atom. The Morgan fingerprint density at radius 3 is 2.72 bits per heavy atom. The monoisotopic (exact) mass is 398 g/mol. The van der Waals surface area contributed by atoms with Gasteiger partial charge in [0.25, 0.3) is 0 Å². The van der Waals surface area contributed by atoms with Crippen molar-refractivity contribution in [2.24, 2.45) is 0 Å². The predicted octanol–water partition coefficient (Wildman–Crippen LogP) is 2.83. The largest absolute Gasteiger partial charge is 0.494 e. The Kier molecular flexibility index (Phi) is 4.67. The van der Waals surface area contributed by atoms with Crippen molar-refractivity contribution < 1.29 is 18.3 Å². The molecule has 0 unspecified atom stereocenters. The Labute approximate surface area is 163 Å². The second-order valence-electron chi connectivity index (χ2n) is 6.36. The first-order valence-electron chi connectivity index (χ1n) is 8.62. The summed E-state index contributed by atoms with van der Waals surface area (Å²) in [5.41, 5.74) is 1.83. The van der Waals surface area contributed by atoms with E-state index < -0.39 is 11.6 Å². The van der Waals surface area contributed by atoms with Crippen LogP contribution in [0.5, 0.6) is 5.75 Å². The van der Waals surface area contributed by atoms with Gasteiger partial charge in [0.15, 0.2) is 17.2 Å². The van der Waals surface area contributed by atoms with Gasteiger partial charge in [0.1, 0.15) is 6.54 Å². The molecule has 1 amide bonds. The van der Waals surface area contributed by atoms with Crippen LogP contribution in [0.25, 0.3) is 16.8 Å². The van der Waals surface area contributed by atoms with Gasteiger partial charge in [-0.25, -0.2) is 8.91 Å². The molecule has 0 aliphatic heterocycles. The molecule has 0 saturated heterocycles. The van der Waals surface area contributed by atoms with Crippen LogP contribution in [0, 0.1) is 18.6 Å². The summed E-state index contributed by atoms with van der Waals surface area (Å²) in [7, 11) is 1.27. The van der Waals surface area contributed by atoms with Crippen LogP contribution < -0.4 is 10.1 Å². The molecule has 0 saturated carbocycles. The fourth-order valence-electron chi connectivity index (χ4n) is 2.87. The number of amides is 1. The maximum absolute atomic E-state index is 14.4. The van der Waals surface area contributed by atoms with E-state index in [4.69, 9.17) is 4.74 Å². The SMILES string of the molecule is COc1ccc(-c2ccc3nc(NC(=O)Cn4cc(C)cn4)nn3c2)c(F)c1F. The Bertz CT molecular complexity index is 1220. The smallest absolute Gasteiger partial charge is 0.249 e. The van der Waals surface area contributed by atoms with Crippen LogP contribution in [-0.2, 0) is 11.3 Å². The highest BCUT2D eigenvalue weighted by molar-refractivity contribution is 5.88. The molecule has 4 aromatic rings. The van der Waals surface area contributed by atoms with Crippen LogP contribution in [0.4, 0.5) is 14.7 Å². The summed E-state index contributed by atoms with van der Waals surface area (Å²) < 4.78 is 36.0. The Balaban J connectivity index is 1.58. The number of carbonyl (C=O) groups excluding carboxylic acids is 1. The number of benzene rings is 1. The number of anilines is 1. The van der Waals surface area contributed by atoms with Crippen molar-refractivity contribution in [3.05, 3.63) is 60.1 Å². The molecule has 148 valence electrons. The highest BCUT2D eigenvalue weighted by Gasteiger charge is 2.16. The molecular weight excluding hydrogens is 382 g/mol. The number of ether oxygens (including phenoxy) is 1. The van der Waals surface area contributed by atoms with Crippen LogP contribution in [0.1, 0.15) is 5.56 Å². The molecular formula is C19H16F2N6O2. The number of hydrogen-bond acceptors (Lipinski definition) is 5. The molecule has 0 radical (unpaired) electrons. The predicted molar refractivity (Wildman–Crippen MR) is 100 cm³/mol. The van der Waals surface area contributed by atoms with Gasteiger partial charge in [0.2, 0.25) is 17.7 Å².